The van der Waals surface area contributed by atoms with Gasteiger partial charge in [0.15, 0.2) is 0 Å². The third kappa shape index (κ3) is 5.52. The van der Waals surface area contributed by atoms with Crippen molar-refractivity contribution in [2.75, 3.05) is 6.61 Å². The van der Waals surface area contributed by atoms with Crippen molar-refractivity contribution in [3.05, 3.63) is 0 Å². The smallest absolute Gasteiger partial charge is 0.435 e. The van der Waals surface area contributed by atoms with Gasteiger partial charge in [-0.25, -0.2) is 4.79 Å². The maximum absolute atomic E-state index is 10.6. The first-order valence-electron chi connectivity index (χ1n) is 3.57. The van der Waals surface area contributed by atoms with E-state index in [1.165, 1.54) is 13.8 Å². The Hall–Kier alpha value is -1.26. The van der Waals surface area contributed by atoms with E-state index >= 15 is 0 Å². The highest BCUT2D eigenvalue weighted by molar-refractivity contribution is 5.66. The second-order valence-electron chi connectivity index (χ2n) is 1.98. The SMILES string of the molecule is CCOC(=O)O[C@@H](C)OC(C)=O. The highest BCUT2D eigenvalue weighted by atomic mass is 16.8. The molecule has 5 heteroatoms. The van der Waals surface area contributed by atoms with Crippen molar-refractivity contribution in [3.63, 3.8) is 0 Å². The summed E-state index contributed by atoms with van der Waals surface area (Å²) in [4.78, 5) is 20.9. The van der Waals surface area contributed by atoms with Gasteiger partial charge in [-0.15, -0.1) is 0 Å². The summed E-state index contributed by atoms with van der Waals surface area (Å²) in [6, 6.07) is 0. The first-order valence-corrected chi connectivity index (χ1v) is 3.57. The molecule has 0 aromatic rings. The van der Waals surface area contributed by atoms with E-state index < -0.39 is 18.4 Å². The van der Waals surface area contributed by atoms with Gasteiger partial charge in [-0.2, -0.15) is 0 Å². The minimum Gasteiger partial charge on any atom is -0.435 e. The number of ether oxygens (including phenoxy) is 3. The van der Waals surface area contributed by atoms with Crippen LogP contribution in [0.1, 0.15) is 20.8 Å². The lowest BCUT2D eigenvalue weighted by Gasteiger charge is -2.11. The molecule has 0 radical (unpaired) electrons. The lowest BCUT2D eigenvalue weighted by Crippen LogP contribution is -2.20. The van der Waals surface area contributed by atoms with E-state index in [1.54, 1.807) is 6.92 Å². The fourth-order valence-electron chi connectivity index (χ4n) is 0.545. The number of rotatable bonds is 3. The van der Waals surface area contributed by atoms with Crippen LogP contribution in [0.3, 0.4) is 0 Å². The Labute approximate surface area is 70.6 Å². The molecule has 0 aromatic heterocycles. The van der Waals surface area contributed by atoms with Gasteiger partial charge in [0.25, 0.3) is 0 Å². The van der Waals surface area contributed by atoms with Crippen LogP contribution in [0.2, 0.25) is 0 Å². The van der Waals surface area contributed by atoms with Gasteiger partial charge in [-0.05, 0) is 6.92 Å². The van der Waals surface area contributed by atoms with Crippen LogP contribution < -0.4 is 0 Å². The average molecular weight is 176 g/mol. The maximum atomic E-state index is 10.6. The van der Waals surface area contributed by atoms with Gasteiger partial charge in [-0.3, -0.25) is 4.79 Å². The molecule has 0 aromatic carbocycles. The molecule has 0 aliphatic heterocycles. The minimum absolute atomic E-state index is 0.228. The topological polar surface area (TPSA) is 61.8 Å². The summed E-state index contributed by atoms with van der Waals surface area (Å²) in [6.45, 7) is 4.53. The van der Waals surface area contributed by atoms with Gasteiger partial charge in [0.2, 0.25) is 6.29 Å². The zero-order valence-corrected chi connectivity index (χ0v) is 7.33. The van der Waals surface area contributed by atoms with Crippen molar-refractivity contribution in [3.8, 4) is 0 Å². The first kappa shape index (κ1) is 10.7. The van der Waals surface area contributed by atoms with Crippen molar-refractivity contribution < 1.29 is 23.8 Å². The molecule has 0 unspecified atom stereocenters. The number of carbonyl (C=O) groups excluding carboxylic acids is 2. The monoisotopic (exact) mass is 176 g/mol. The second-order valence-corrected chi connectivity index (χ2v) is 1.98. The molecule has 0 aliphatic carbocycles. The summed E-state index contributed by atoms with van der Waals surface area (Å²) in [5.41, 5.74) is 0. The summed E-state index contributed by atoms with van der Waals surface area (Å²) in [6.07, 6.45) is -1.74. The van der Waals surface area contributed by atoms with Crippen LogP contribution in [0, 0.1) is 0 Å². The fourth-order valence-corrected chi connectivity index (χ4v) is 0.545. The molecule has 0 aliphatic rings. The molecule has 5 nitrogen and oxygen atoms in total. The van der Waals surface area contributed by atoms with Crippen molar-refractivity contribution >= 4 is 12.1 Å². The number of esters is 1. The van der Waals surface area contributed by atoms with E-state index in [1.807, 2.05) is 0 Å². The Morgan fingerprint density at radius 2 is 1.92 bits per heavy atom. The summed E-state index contributed by atoms with van der Waals surface area (Å²) in [5.74, 6) is -0.508. The van der Waals surface area contributed by atoms with Crippen LogP contribution in [0.5, 0.6) is 0 Å². The summed E-state index contributed by atoms with van der Waals surface area (Å²) in [5, 5.41) is 0. The van der Waals surface area contributed by atoms with Crippen molar-refractivity contribution in [2.24, 2.45) is 0 Å². The van der Waals surface area contributed by atoms with Crippen LogP contribution in [0.25, 0.3) is 0 Å². The average Bonchev–Trinajstić information content (AvgIpc) is 1.84. The summed E-state index contributed by atoms with van der Waals surface area (Å²) in [7, 11) is 0. The highest BCUT2D eigenvalue weighted by Crippen LogP contribution is 1.96. The quantitative estimate of drug-likeness (QED) is 0.475. The van der Waals surface area contributed by atoms with E-state index in [2.05, 4.69) is 14.2 Å². The second kappa shape index (κ2) is 5.40. The Kier molecular flexibility index (Phi) is 4.83. The third-order valence-electron chi connectivity index (χ3n) is 0.856. The molecule has 0 bridgehead atoms. The summed E-state index contributed by atoms with van der Waals surface area (Å²) >= 11 is 0. The molecule has 0 N–H and O–H groups in total. The molecule has 0 rings (SSSR count). The van der Waals surface area contributed by atoms with Gasteiger partial charge in [0, 0.05) is 13.8 Å². The van der Waals surface area contributed by atoms with Gasteiger partial charge >= 0.3 is 12.1 Å². The van der Waals surface area contributed by atoms with Crippen molar-refractivity contribution in [1.29, 1.82) is 0 Å². The Balaban J connectivity index is 3.61. The molecule has 0 fully saturated rings. The molecule has 70 valence electrons. The molecule has 0 spiro atoms. The molecule has 0 saturated heterocycles. The number of carbonyl (C=O) groups is 2. The molecule has 1 atom stereocenters. The van der Waals surface area contributed by atoms with E-state index in [9.17, 15) is 9.59 Å². The van der Waals surface area contributed by atoms with Crippen LogP contribution in [0.4, 0.5) is 4.79 Å². The Morgan fingerprint density at radius 1 is 1.33 bits per heavy atom. The van der Waals surface area contributed by atoms with Crippen LogP contribution in [-0.4, -0.2) is 25.0 Å². The third-order valence-corrected chi connectivity index (χ3v) is 0.856. The minimum atomic E-state index is -0.901. The van der Waals surface area contributed by atoms with Crippen LogP contribution in [-0.2, 0) is 19.0 Å². The molecule has 12 heavy (non-hydrogen) atoms. The lowest BCUT2D eigenvalue weighted by atomic mass is 10.7. The summed E-state index contributed by atoms with van der Waals surface area (Å²) < 4.78 is 13.4. The van der Waals surface area contributed by atoms with Crippen molar-refractivity contribution in [1.82, 2.24) is 0 Å². The standard InChI is InChI=1S/C7H12O5/c1-4-10-7(9)12-6(3)11-5(2)8/h6H,4H2,1-3H3/t6-/m0/s1. The maximum Gasteiger partial charge on any atom is 0.511 e. The van der Waals surface area contributed by atoms with E-state index in [4.69, 9.17) is 0 Å². The predicted octanol–water partition coefficient (Wildman–Crippen LogP) is 1.07. The highest BCUT2D eigenvalue weighted by Gasteiger charge is 2.11. The zero-order chi connectivity index (χ0) is 9.56. The number of hydrogen-bond acceptors (Lipinski definition) is 5. The van der Waals surface area contributed by atoms with E-state index in [0.717, 1.165) is 0 Å². The molecule has 0 heterocycles. The number of hydrogen-bond donors (Lipinski definition) is 0. The van der Waals surface area contributed by atoms with Crippen molar-refractivity contribution in [2.45, 2.75) is 27.1 Å². The van der Waals surface area contributed by atoms with Gasteiger partial charge in [-0.1, -0.05) is 0 Å². The lowest BCUT2D eigenvalue weighted by molar-refractivity contribution is -0.165. The van der Waals surface area contributed by atoms with Gasteiger partial charge in [0.1, 0.15) is 0 Å². The Morgan fingerprint density at radius 3 is 2.33 bits per heavy atom. The molecular formula is C7H12O5. The van der Waals surface area contributed by atoms with E-state index in [0.29, 0.717) is 0 Å². The van der Waals surface area contributed by atoms with Crippen LogP contribution in [0.15, 0.2) is 0 Å². The van der Waals surface area contributed by atoms with Gasteiger partial charge < -0.3 is 14.2 Å². The molecule has 0 amide bonds. The predicted molar refractivity (Wildman–Crippen MR) is 39.3 cm³/mol. The fraction of sp³-hybridized carbons (Fsp3) is 0.714. The molecule has 0 saturated carbocycles. The zero-order valence-electron chi connectivity index (χ0n) is 7.33. The van der Waals surface area contributed by atoms with E-state index in [-0.39, 0.29) is 6.61 Å². The van der Waals surface area contributed by atoms with Crippen LogP contribution >= 0.6 is 0 Å². The molecular weight excluding hydrogens is 164 g/mol. The Bertz CT molecular complexity index is 165. The largest absolute Gasteiger partial charge is 0.511 e. The first-order chi connectivity index (χ1) is 5.56. The van der Waals surface area contributed by atoms with Gasteiger partial charge in [0.05, 0.1) is 6.61 Å². The normalized spacial score (nSPS) is 11.6.